The van der Waals surface area contributed by atoms with Crippen LogP contribution in [0.2, 0.25) is 0 Å². The number of rotatable bonds is 2. The molecule has 3 N–H and O–H groups in total. The van der Waals surface area contributed by atoms with Crippen molar-refractivity contribution in [2.75, 3.05) is 5.32 Å². The zero-order valence-electron chi connectivity index (χ0n) is 14.3. The second kappa shape index (κ2) is 6.68. The quantitative estimate of drug-likeness (QED) is 0.623. The Hall–Kier alpha value is -3.28. The summed E-state index contributed by atoms with van der Waals surface area (Å²) in [6.45, 7) is 5.82. The van der Waals surface area contributed by atoms with Crippen molar-refractivity contribution in [3.05, 3.63) is 64.7 Å². The van der Waals surface area contributed by atoms with E-state index < -0.39 is 6.03 Å². The third kappa shape index (κ3) is 3.80. The van der Waals surface area contributed by atoms with Crippen LogP contribution in [-0.2, 0) is 0 Å². The van der Waals surface area contributed by atoms with E-state index in [9.17, 15) is 9.90 Å². The minimum Gasteiger partial charge on any atom is -0.508 e. The summed E-state index contributed by atoms with van der Waals surface area (Å²) in [5.74, 6) is 0.105. The first-order chi connectivity index (χ1) is 11.9. The number of nitrogens with one attached hydrogen (secondary N) is 2. The molecule has 0 aliphatic carbocycles. The highest BCUT2D eigenvalue weighted by Crippen LogP contribution is 2.21. The van der Waals surface area contributed by atoms with Crippen LogP contribution in [0.5, 0.6) is 5.75 Å². The predicted octanol–water partition coefficient (Wildman–Crippen LogP) is 3.70. The lowest BCUT2D eigenvalue weighted by atomic mass is 10.1. The molecule has 6 heteroatoms. The molecule has 2 amide bonds. The number of urea groups is 1. The summed E-state index contributed by atoms with van der Waals surface area (Å²) in [5.41, 5.74) is 6.89. The molecule has 0 fully saturated rings. The molecular formula is C19H19N3O3. The third-order valence-corrected chi connectivity index (χ3v) is 3.84. The van der Waals surface area contributed by atoms with Crippen molar-refractivity contribution in [1.29, 1.82) is 0 Å². The molecule has 0 radical (unpaired) electrons. The molecule has 128 valence electrons. The molecule has 1 aromatic heterocycles. The summed E-state index contributed by atoms with van der Waals surface area (Å²) in [6.07, 6.45) is 0. The zero-order chi connectivity index (χ0) is 18.0. The number of aryl methyl sites for hydroxylation is 3. The summed E-state index contributed by atoms with van der Waals surface area (Å²) in [5, 5.41) is 17.2. The van der Waals surface area contributed by atoms with Crippen molar-refractivity contribution in [3.63, 3.8) is 0 Å². The van der Waals surface area contributed by atoms with Gasteiger partial charge in [0.05, 0.1) is 0 Å². The topological polar surface area (TPSA) is 86.9 Å². The Morgan fingerprint density at radius 1 is 1.04 bits per heavy atom. The Balaban J connectivity index is 1.81. The Morgan fingerprint density at radius 3 is 2.60 bits per heavy atom. The molecule has 0 atom stereocenters. The Bertz CT molecular complexity index is 1020. The van der Waals surface area contributed by atoms with Gasteiger partial charge in [0.2, 0.25) is 5.55 Å². The molecule has 0 aliphatic rings. The lowest BCUT2D eigenvalue weighted by Crippen LogP contribution is -2.26. The van der Waals surface area contributed by atoms with Gasteiger partial charge in [0.25, 0.3) is 0 Å². The van der Waals surface area contributed by atoms with Crippen LogP contribution in [0.1, 0.15) is 16.7 Å². The van der Waals surface area contributed by atoms with E-state index in [1.165, 1.54) is 6.07 Å². The van der Waals surface area contributed by atoms with Gasteiger partial charge < -0.3 is 14.8 Å². The summed E-state index contributed by atoms with van der Waals surface area (Å²) in [4.78, 5) is 12.0. The van der Waals surface area contributed by atoms with E-state index in [1.807, 2.05) is 39.0 Å². The van der Waals surface area contributed by atoms with Gasteiger partial charge in [-0.1, -0.05) is 17.7 Å². The molecule has 0 unspecified atom stereocenters. The number of carbonyl (C=O) groups is 1. The van der Waals surface area contributed by atoms with Crippen LogP contribution in [0.15, 0.2) is 52.0 Å². The molecule has 0 saturated heterocycles. The number of phenols is 1. The second-order valence-electron chi connectivity index (χ2n) is 5.94. The lowest BCUT2D eigenvalue weighted by molar-refractivity contribution is 0.251. The molecular weight excluding hydrogens is 318 g/mol. The molecule has 1 heterocycles. The molecule has 0 spiro atoms. The monoisotopic (exact) mass is 337 g/mol. The largest absolute Gasteiger partial charge is 0.508 e. The van der Waals surface area contributed by atoms with Gasteiger partial charge in [-0.3, -0.25) is 0 Å². The first-order valence-corrected chi connectivity index (χ1v) is 7.84. The first kappa shape index (κ1) is 16.6. The maximum Gasteiger partial charge on any atom is 0.339 e. The van der Waals surface area contributed by atoms with Gasteiger partial charge in [0.1, 0.15) is 11.3 Å². The van der Waals surface area contributed by atoms with Crippen LogP contribution in [0.25, 0.3) is 11.0 Å². The van der Waals surface area contributed by atoms with Crippen LogP contribution in [0, 0.1) is 20.8 Å². The van der Waals surface area contributed by atoms with Crippen molar-refractivity contribution < 1.29 is 14.3 Å². The number of fused-ring (bicyclic) bond motifs is 1. The van der Waals surface area contributed by atoms with Crippen LogP contribution >= 0.6 is 0 Å². The van der Waals surface area contributed by atoms with Gasteiger partial charge in [0.15, 0.2) is 0 Å². The first-order valence-electron chi connectivity index (χ1n) is 7.84. The molecule has 3 aromatic rings. The van der Waals surface area contributed by atoms with E-state index in [4.69, 9.17) is 4.42 Å². The lowest BCUT2D eigenvalue weighted by Gasteiger charge is -2.08. The SMILES string of the molecule is Cc1ccc(NC(=O)N/N=c2\cc(C)c3ccc(O)cc3o2)c(C)c1. The van der Waals surface area contributed by atoms with E-state index >= 15 is 0 Å². The van der Waals surface area contributed by atoms with Gasteiger partial charge in [-0.05, 0) is 50.1 Å². The van der Waals surface area contributed by atoms with Crippen LogP contribution < -0.4 is 16.3 Å². The third-order valence-electron chi connectivity index (χ3n) is 3.84. The predicted molar refractivity (Wildman–Crippen MR) is 96.2 cm³/mol. The number of benzene rings is 2. The van der Waals surface area contributed by atoms with E-state index in [0.717, 1.165) is 27.8 Å². The molecule has 0 saturated carbocycles. The number of carbonyl (C=O) groups excluding carboxylic acids is 1. The van der Waals surface area contributed by atoms with Gasteiger partial charge in [-0.15, -0.1) is 5.10 Å². The van der Waals surface area contributed by atoms with Crippen LogP contribution in [0.4, 0.5) is 10.5 Å². The summed E-state index contributed by atoms with van der Waals surface area (Å²) in [7, 11) is 0. The van der Waals surface area contributed by atoms with Crippen molar-refractivity contribution in [1.82, 2.24) is 5.43 Å². The molecule has 25 heavy (non-hydrogen) atoms. The summed E-state index contributed by atoms with van der Waals surface area (Å²) in [6, 6.07) is 11.9. The fourth-order valence-electron chi connectivity index (χ4n) is 2.59. The van der Waals surface area contributed by atoms with Gasteiger partial charge >= 0.3 is 6.03 Å². The Morgan fingerprint density at radius 2 is 1.84 bits per heavy atom. The number of nitrogens with zero attached hydrogens (tertiary/aromatic N) is 1. The number of amides is 2. The van der Waals surface area contributed by atoms with Crippen molar-refractivity contribution in [3.8, 4) is 5.75 Å². The molecule has 0 bridgehead atoms. The van der Waals surface area contributed by atoms with Crippen molar-refractivity contribution in [2.45, 2.75) is 20.8 Å². The minimum absolute atomic E-state index is 0.105. The molecule has 6 nitrogen and oxygen atoms in total. The van der Waals surface area contributed by atoms with Crippen LogP contribution in [-0.4, -0.2) is 11.1 Å². The second-order valence-corrected chi connectivity index (χ2v) is 5.94. The van der Waals surface area contributed by atoms with E-state index in [2.05, 4.69) is 15.8 Å². The summed E-state index contributed by atoms with van der Waals surface area (Å²) >= 11 is 0. The van der Waals surface area contributed by atoms with E-state index in [-0.39, 0.29) is 11.3 Å². The Kier molecular flexibility index (Phi) is 4.43. The fourth-order valence-corrected chi connectivity index (χ4v) is 2.59. The minimum atomic E-state index is -0.462. The fraction of sp³-hybridized carbons (Fsp3) is 0.158. The molecule has 0 aliphatic heterocycles. The van der Waals surface area contributed by atoms with Crippen molar-refractivity contribution in [2.24, 2.45) is 5.10 Å². The van der Waals surface area contributed by atoms with Gasteiger partial charge in [0, 0.05) is 23.2 Å². The normalized spacial score (nSPS) is 11.6. The highest BCUT2D eigenvalue weighted by molar-refractivity contribution is 5.89. The highest BCUT2D eigenvalue weighted by Gasteiger charge is 2.05. The van der Waals surface area contributed by atoms with Gasteiger partial charge in [-0.2, -0.15) is 0 Å². The maximum atomic E-state index is 12.0. The zero-order valence-corrected chi connectivity index (χ0v) is 14.3. The highest BCUT2D eigenvalue weighted by atomic mass is 16.3. The number of anilines is 1. The number of phenolic OH excluding ortho intramolecular Hbond substituents is 1. The standard InChI is InChI=1S/C19H19N3O3/c1-11-4-7-16(13(3)8-11)20-19(24)22-21-18-9-12(2)15-6-5-14(23)10-17(15)25-18/h4-10,23H,1-3H3,(H2,20,22,24)/b21-18+. The van der Waals surface area contributed by atoms with E-state index in [0.29, 0.717) is 5.58 Å². The number of hydrogen-bond donors (Lipinski definition) is 3. The van der Waals surface area contributed by atoms with Crippen LogP contribution in [0.3, 0.4) is 0 Å². The molecule has 3 rings (SSSR count). The maximum absolute atomic E-state index is 12.0. The van der Waals surface area contributed by atoms with Crippen molar-refractivity contribution >= 4 is 22.7 Å². The van der Waals surface area contributed by atoms with Gasteiger partial charge in [-0.25, -0.2) is 10.2 Å². The summed E-state index contributed by atoms with van der Waals surface area (Å²) < 4.78 is 5.59. The number of hydrogen-bond acceptors (Lipinski definition) is 4. The Labute approximate surface area is 144 Å². The van der Waals surface area contributed by atoms with E-state index in [1.54, 1.807) is 18.2 Å². The number of aromatic hydroxyl groups is 1. The smallest absolute Gasteiger partial charge is 0.339 e. The average Bonchev–Trinajstić information content (AvgIpc) is 2.55. The average molecular weight is 337 g/mol. The molecule has 2 aromatic carbocycles.